The van der Waals surface area contributed by atoms with E-state index >= 15 is 0 Å². The molecule has 1 amide bonds. The van der Waals surface area contributed by atoms with E-state index in [0.29, 0.717) is 38.1 Å². The van der Waals surface area contributed by atoms with Gasteiger partial charge in [-0.25, -0.2) is 0 Å². The Kier molecular flexibility index (Phi) is 6.46. The average molecular weight is 484 g/mol. The first kappa shape index (κ1) is 24.3. The molecule has 0 N–H and O–H groups in total. The van der Waals surface area contributed by atoms with Gasteiger partial charge in [0, 0.05) is 43.6 Å². The van der Waals surface area contributed by atoms with Crippen molar-refractivity contribution in [1.82, 2.24) is 9.80 Å². The van der Waals surface area contributed by atoms with Gasteiger partial charge < -0.3 is 4.90 Å². The summed E-state index contributed by atoms with van der Waals surface area (Å²) in [6, 6.07) is 10.1. The number of likely N-dealkylation sites (tertiary alicyclic amines) is 2. The number of Topliss-reactive ketones (excluding diaryl/α,β-unsaturated/α-hetero) is 1. The number of halogens is 6. The minimum absolute atomic E-state index is 0.0141. The Labute approximate surface area is 192 Å². The van der Waals surface area contributed by atoms with Crippen molar-refractivity contribution in [2.45, 2.75) is 37.2 Å². The van der Waals surface area contributed by atoms with Gasteiger partial charge in [-0.3, -0.25) is 14.5 Å². The van der Waals surface area contributed by atoms with Crippen LogP contribution in [-0.4, -0.2) is 53.7 Å². The zero-order chi connectivity index (χ0) is 24.7. The molecule has 0 spiro atoms. The van der Waals surface area contributed by atoms with Gasteiger partial charge in [0.15, 0.2) is 0 Å². The molecule has 2 aromatic rings. The smallest absolute Gasteiger partial charge is 0.338 e. The van der Waals surface area contributed by atoms with E-state index in [9.17, 15) is 35.9 Å². The van der Waals surface area contributed by atoms with Crippen molar-refractivity contribution in [2.24, 2.45) is 0 Å². The van der Waals surface area contributed by atoms with Crippen LogP contribution in [0.2, 0.25) is 0 Å². The second-order valence-electron chi connectivity index (χ2n) is 8.68. The van der Waals surface area contributed by atoms with Crippen LogP contribution in [-0.2, 0) is 17.1 Å². The first-order valence-electron chi connectivity index (χ1n) is 10.8. The normalized spacial score (nSPS) is 22.3. The van der Waals surface area contributed by atoms with Gasteiger partial charge in [-0.2, -0.15) is 26.3 Å². The minimum atomic E-state index is -5.03. The number of amides is 1. The molecule has 0 aromatic heterocycles. The number of rotatable bonds is 3. The molecule has 10 heteroatoms. The molecule has 0 bridgehead atoms. The zero-order valence-electron chi connectivity index (χ0n) is 18.0. The summed E-state index contributed by atoms with van der Waals surface area (Å²) in [5.74, 6) is -1.000. The van der Waals surface area contributed by atoms with Crippen LogP contribution in [0.3, 0.4) is 0 Å². The molecule has 2 aliphatic heterocycles. The molecule has 2 saturated heterocycles. The zero-order valence-corrected chi connectivity index (χ0v) is 18.0. The van der Waals surface area contributed by atoms with Gasteiger partial charge in [0.2, 0.25) is 0 Å². The Balaban J connectivity index is 1.65. The van der Waals surface area contributed by atoms with Crippen molar-refractivity contribution >= 4 is 11.7 Å². The third-order valence-electron chi connectivity index (χ3n) is 6.45. The molecule has 0 saturated carbocycles. The van der Waals surface area contributed by atoms with Gasteiger partial charge in [-0.05, 0) is 30.2 Å². The van der Waals surface area contributed by atoms with E-state index in [0.717, 1.165) is 5.56 Å². The maximum absolute atomic E-state index is 13.3. The Bertz CT molecular complexity index is 1040. The highest BCUT2D eigenvalue weighted by Crippen LogP contribution is 2.38. The fourth-order valence-electron chi connectivity index (χ4n) is 4.79. The molecule has 0 aliphatic carbocycles. The maximum Gasteiger partial charge on any atom is 0.416 e. The second kappa shape index (κ2) is 9.05. The lowest BCUT2D eigenvalue weighted by Gasteiger charge is -2.43. The molecule has 2 aliphatic rings. The van der Waals surface area contributed by atoms with Crippen LogP contribution < -0.4 is 0 Å². The highest BCUT2D eigenvalue weighted by Gasteiger charge is 2.41. The van der Waals surface area contributed by atoms with E-state index < -0.39 is 35.0 Å². The highest BCUT2D eigenvalue weighted by molar-refractivity contribution is 5.95. The maximum atomic E-state index is 13.3. The van der Waals surface area contributed by atoms with E-state index in [1.165, 1.54) is 4.90 Å². The summed E-state index contributed by atoms with van der Waals surface area (Å²) in [6.45, 7) is 1.17. The Hall–Kier alpha value is -2.88. The van der Waals surface area contributed by atoms with Crippen LogP contribution in [0, 0.1) is 0 Å². The highest BCUT2D eigenvalue weighted by atomic mass is 19.4. The molecule has 2 aromatic carbocycles. The van der Waals surface area contributed by atoms with E-state index in [1.807, 2.05) is 35.2 Å². The van der Waals surface area contributed by atoms with Gasteiger partial charge in [-0.15, -0.1) is 0 Å². The topological polar surface area (TPSA) is 40.6 Å². The lowest BCUT2D eigenvalue weighted by atomic mass is 9.84. The standard InChI is InChI=1S/C24H22F6N2O2/c25-23(26,27)17-10-16(11-18(12-17)24(28,29)30)22(34)32-9-7-21(31-8-6-19(33)13-31)20(14-32)15-4-2-1-3-5-15/h1-5,10-12,20-21H,6-9,13-14H2/t20-,21-/m1/s1. The monoisotopic (exact) mass is 484 g/mol. The van der Waals surface area contributed by atoms with Crippen molar-refractivity contribution in [2.75, 3.05) is 26.2 Å². The Morgan fingerprint density at radius 2 is 1.50 bits per heavy atom. The third-order valence-corrected chi connectivity index (χ3v) is 6.45. The predicted octanol–water partition coefficient (Wildman–Crippen LogP) is 5.00. The van der Waals surface area contributed by atoms with Crippen LogP contribution in [0.4, 0.5) is 26.3 Å². The number of nitrogens with zero attached hydrogens (tertiary/aromatic N) is 2. The summed E-state index contributed by atoms with van der Waals surface area (Å²) >= 11 is 0. The molecule has 2 fully saturated rings. The number of carbonyl (C=O) groups excluding carboxylic acids is 2. The van der Waals surface area contributed by atoms with Gasteiger partial charge >= 0.3 is 12.4 Å². The van der Waals surface area contributed by atoms with Crippen LogP contribution in [0.25, 0.3) is 0 Å². The fraction of sp³-hybridized carbons (Fsp3) is 0.417. The number of carbonyl (C=O) groups is 2. The molecular formula is C24H22F6N2O2. The van der Waals surface area contributed by atoms with Gasteiger partial charge in [-0.1, -0.05) is 30.3 Å². The summed E-state index contributed by atoms with van der Waals surface area (Å²) in [4.78, 5) is 28.3. The van der Waals surface area contributed by atoms with Crippen molar-refractivity contribution in [3.63, 3.8) is 0 Å². The molecule has 0 unspecified atom stereocenters. The van der Waals surface area contributed by atoms with Crippen molar-refractivity contribution in [3.8, 4) is 0 Å². The largest absolute Gasteiger partial charge is 0.416 e. The van der Waals surface area contributed by atoms with Gasteiger partial charge in [0.05, 0.1) is 17.7 Å². The lowest BCUT2D eigenvalue weighted by Crippen LogP contribution is -2.51. The SMILES string of the molecule is O=C1CCN([C@@H]2CCN(C(=O)c3cc(C(F)(F)F)cc(C(F)(F)F)c3)C[C@@H]2c2ccccc2)C1. The summed E-state index contributed by atoms with van der Waals surface area (Å²) in [5.41, 5.74) is -2.79. The predicted molar refractivity (Wildman–Crippen MR) is 111 cm³/mol. The van der Waals surface area contributed by atoms with E-state index in [4.69, 9.17) is 0 Å². The Morgan fingerprint density at radius 3 is 2.03 bits per heavy atom. The third kappa shape index (κ3) is 5.11. The second-order valence-corrected chi connectivity index (χ2v) is 8.68. The molecule has 34 heavy (non-hydrogen) atoms. The van der Waals surface area contributed by atoms with Crippen LogP contribution in [0.1, 0.15) is 45.8 Å². The number of piperidine rings is 1. The molecule has 182 valence electrons. The molecular weight excluding hydrogens is 462 g/mol. The van der Waals surface area contributed by atoms with Crippen molar-refractivity contribution in [3.05, 3.63) is 70.8 Å². The van der Waals surface area contributed by atoms with Crippen molar-refractivity contribution < 1.29 is 35.9 Å². The number of benzene rings is 2. The molecule has 4 nitrogen and oxygen atoms in total. The van der Waals surface area contributed by atoms with Crippen molar-refractivity contribution in [1.29, 1.82) is 0 Å². The summed E-state index contributed by atoms with van der Waals surface area (Å²) in [6.07, 6.45) is -9.18. The van der Waals surface area contributed by atoms with E-state index in [-0.39, 0.29) is 36.9 Å². The van der Waals surface area contributed by atoms with Crippen LogP contribution in [0.15, 0.2) is 48.5 Å². The fourth-order valence-corrected chi connectivity index (χ4v) is 4.79. The number of ketones is 1. The molecule has 4 rings (SSSR count). The summed E-state index contributed by atoms with van der Waals surface area (Å²) < 4.78 is 79.5. The quantitative estimate of drug-likeness (QED) is 0.576. The first-order valence-corrected chi connectivity index (χ1v) is 10.8. The number of alkyl halides is 6. The molecule has 0 radical (unpaired) electrons. The van der Waals surface area contributed by atoms with Crippen LogP contribution in [0.5, 0.6) is 0 Å². The lowest BCUT2D eigenvalue weighted by molar-refractivity contribution is -0.143. The number of hydrogen-bond donors (Lipinski definition) is 0. The summed E-state index contributed by atoms with van der Waals surface area (Å²) in [5, 5.41) is 0. The summed E-state index contributed by atoms with van der Waals surface area (Å²) in [7, 11) is 0. The average Bonchev–Trinajstić information content (AvgIpc) is 3.23. The molecule has 2 heterocycles. The minimum Gasteiger partial charge on any atom is -0.338 e. The van der Waals surface area contributed by atoms with E-state index in [2.05, 4.69) is 0 Å². The van der Waals surface area contributed by atoms with Gasteiger partial charge in [0.25, 0.3) is 5.91 Å². The Morgan fingerprint density at radius 1 is 0.882 bits per heavy atom. The van der Waals surface area contributed by atoms with Crippen LogP contribution >= 0.6 is 0 Å². The van der Waals surface area contributed by atoms with E-state index in [1.54, 1.807) is 0 Å². The number of hydrogen-bond acceptors (Lipinski definition) is 3. The first-order chi connectivity index (χ1) is 15.9. The molecule has 2 atom stereocenters. The van der Waals surface area contributed by atoms with Gasteiger partial charge in [0.1, 0.15) is 5.78 Å².